The summed E-state index contributed by atoms with van der Waals surface area (Å²) in [6.45, 7) is 2.24. The minimum atomic E-state index is 0.870. The third kappa shape index (κ3) is 5.59. The van der Waals surface area contributed by atoms with Crippen molar-refractivity contribution in [2.45, 2.75) is 6.92 Å². The molecule has 0 spiro atoms. The van der Waals surface area contributed by atoms with Gasteiger partial charge in [0.15, 0.2) is 0 Å². The van der Waals surface area contributed by atoms with Crippen molar-refractivity contribution in [3.05, 3.63) is 218 Å². The summed E-state index contributed by atoms with van der Waals surface area (Å²) in [5.41, 5.74) is 16.5. The molecule has 0 aliphatic carbocycles. The van der Waals surface area contributed by atoms with Crippen LogP contribution < -0.4 is 4.90 Å². The number of aryl methyl sites for hydroxylation is 1. The van der Waals surface area contributed by atoms with Crippen LogP contribution in [0.3, 0.4) is 0 Å². The highest BCUT2D eigenvalue weighted by Gasteiger charge is 2.24. The van der Waals surface area contributed by atoms with Gasteiger partial charge in [0.2, 0.25) is 0 Å². The fourth-order valence-electron chi connectivity index (χ4n) is 8.86. The van der Waals surface area contributed by atoms with E-state index in [1.54, 1.807) is 0 Å². The zero-order valence-corrected chi connectivity index (χ0v) is 32.0. The van der Waals surface area contributed by atoms with E-state index in [2.05, 4.69) is 223 Å². The topological polar surface area (TPSA) is 21.3 Å². The van der Waals surface area contributed by atoms with Gasteiger partial charge < -0.3 is 13.9 Å². The van der Waals surface area contributed by atoms with Gasteiger partial charge in [0.25, 0.3) is 0 Å². The number of hydrogen-bond donors (Lipinski definition) is 0. The first-order valence-corrected chi connectivity index (χ1v) is 19.8. The Hall–Kier alpha value is -7.62. The maximum Gasteiger partial charge on any atom is 0.143 e. The van der Waals surface area contributed by atoms with Gasteiger partial charge in [-0.15, -0.1) is 0 Å². The lowest BCUT2D eigenvalue weighted by atomic mass is 9.92. The molecule has 11 aromatic rings. The van der Waals surface area contributed by atoms with Crippen molar-refractivity contribution >= 4 is 60.8 Å². The minimum absolute atomic E-state index is 0.870. The molecule has 2 heterocycles. The molecular formula is C55H38N2O. The molecule has 58 heavy (non-hydrogen) atoms. The van der Waals surface area contributed by atoms with Gasteiger partial charge in [-0.1, -0.05) is 146 Å². The van der Waals surface area contributed by atoms with Crippen LogP contribution in [0.2, 0.25) is 0 Å². The highest BCUT2D eigenvalue weighted by Crippen LogP contribution is 2.48. The van der Waals surface area contributed by atoms with E-state index in [9.17, 15) is 0 Å². The molecule has 11 rings (SSSR count). The van der Waals surface area contributed by atoms with Gasteiger partial charge in [0.05, 0.1) is 16.7 Å². The Morgan fingerprint density at radius 2 is 0.983 bits per heavy atom. The third-order valence-electron chi connectivity index (χ3n) is 11.4. The van der Waals surface area contributed by atoms with Gasteiger partial charge in [0, 0.05) is 49.7 Å². The monoisotopic (exact) mass is 742 g/mol. The molecule has 0 N–H and O–H groups in total. The van der Waals surface area contributed by atoms with Crippen LogP contribution in [0.1, 0.15) is 5.56 Å². The van der Waals surface area contributed by atoms with E-state index in [0.717, 1.165) is 66.9 Å². The highest BCUT2D eigenvalue weighted by molar-refractivity contribution is 6.13. The number of furan rings is 1. The van der Waals surface area contributed by atoms with Crippen molar-refractivity contribution in [3.63, 3.8) is 0 Å². The number of fused-ring (bicyclic) bond motifs is 6. The molecular weight excluding hydrogens is 705 g/mol. The standard InChI is InChI=1S/C55H38N2O/c1-37-32-41(38-18-5-2-6-19-38)34-48(39-20-7-3-8-21-39)54(37)56(42-23-9-4-10-24-42)44-35-49(55-50(36-44)47-28-13-16-31-53(47)58-55)40-22-17-25-43(33-40)57-51-29-14-11-26-45(51)46-27-12-15-30-52(46)57/h2-36H,1H3. The van der Waals surface area contributed by atoms with Crippen molar-refractivity contribution in [1.29, 1.82) is 0 Å². The number of aromatic nitrogens is 1. The molecule has 274 valence electrons. The van der Waals surface area contributed by atoms with Crippen LogP contribution in [-0.2, 0) is 0 Å². The van der Waals surface area contributed by atoms with E-state index in [4.69, 9.17) is 4.42 Å². The Morgan fingerprint density at radius 3 is 1.69 bits per heavy atom. The lowest BCUT2D eigenvalue weighted by Crippen LogP contribution is -2.13. The van der Waals surface area contributed by atoms with Gasteiger partial charge in [-0.2, -0.15) is 0 Å². The maximum absolute atomic E-state index is 6.81. The van der Waals surface area contributed by atoms with E-state index in [-0.39, 0.29) is 0 Å². The summed E-state index contributed by atoms with van der Waals surface area (Å²) in [7, 11) is 0. The second-order valence-corrected chi connectivity index (χ2v) is 15.0. The van der Waals surface area contributed by atoms with E-state index in [1.165, 1.54) is 38.5 Å². The number of rotatable bonds is 7. The summed E-state index contributed by atoms with van der Waals surface area (Å²) in [6, 6.07) is 76.2. The number of para-hydroxylation sites is 4. The third-order valence-corrected chi connectivity index (χ3v) is 11.4. The van der Waals surface area contributed by atoms with E-state index in [1.807, 2.05) is 6.07 Å². The van der Waals surface area contributed by atoms with Crippen LogP contribution in [0.25, 0.3) is 82.8 Å². The predicted molar refractivity (Wildman–Crippen MR) is 244 cm³/mol. The van der Waals surface area contributed by atoms with Gasteiger partial charge in [-0.25, -0.2) is 0 Å². The van der Waals surface area contributed by atoms with Crippen molar-refractivity contribution < 1.29 is 4.42 Å². The summed E-state index contributed by atoms with van der Waals surface area (Å²) in [5.74, 6) is 0. The minimum Gasteiger partial charge on any atom is -0.455 e. The Labute approximate surface area is 337 Å². The fourth-order valence-corrected chi connectivity index (χ4v) is 8.86. The molecule has 0 unspecified atom stereocenters. The molecule has 2 aromatic heterocycles. The molecule has 0 saturated carbocycles. The largest absolute Gasteiger partial charge is 0.455 e. The molecule has 3 heteroatoms. The zero-order chi connectivity index (χ0) is 38.6. The van der Waals surface area contributed by atoms with E-state index in [0.29, 0.717) is 0 Å². The number of nitrogens with zero attached hydrogens (tertiary/aromatic N) is 2. The Kier molecular flexibility index (Phi) is 8.04. The molecule has 0 aliphatic heterocycles. The second-order valence-electron chi connectivity index (χ2n) is 15.0. The van der Waals surface area contributed by atoms with Crippen LogP contribution in [-0.4, -0.2) is 4.57 Å². The first-order valence-electron chi connectivity index (χ1n) is 19.8. The zero-order valence-electron chi connectivity index (χ0n) is 32.0. The summed E-state index contributed by atoms with van der Waals surface area (Å²) < 4.78 is 9.19. The summed E-state index contributed by atoms with van der Waals surface area (Å²) in [5, 5.41) is 4.65. The average molecular weight is 743 g/mol. The normalized spacial score (nSPS) is 11.5. The SMILES string of the molecule is Cc1cc(-c2ccccc2)cc(-c2ccccc2)c1N(c1ccccc1)c1cc(-c2cccc(-n3c4ccccc4c4ccccc43)c2)c2oc3ccccc3c2c1. The van der Waals surface area contributed by atoms with Gasteiger partial charge in [-0.3, -0.25) is 0 Å². The van der Waals surface area contributed by atoms with Crippen LogP contribution in [0.4, 0.5) is 17.1 Å². The first kappa shape index (κ1) is 33.7. The molecule has 0 atom stereocenters. The van der Waals surface area contributed by atoms with Crippen LogP contribution in [0.5, 0.6) is 0 Å². The number of benzene rings is 9. The van der Waals surface area contributed by atoms with Crippen LogP contribution in [0, 0.1) is 6.92 Å². The number of anilines is 3. The van der Waals surface area contributed by atoms with Gasteiger partial charge in [0.1, 0.15) is 11.2 Å². The maximum atomic E-state index is 6.81. The first-order chi connectivity index (χ1) is 28.7. The quantitative estimate of drug-likeness (QED) is 0.162. The summed E-state index contributed by atoms with van der Waals surface area (Å²) in [6.07, 6.45) is 0. The van der Waals surface area contributed by atoms with Crippen molar-refractivity contribution in [2.24, 2.45) is 0 Å². The Morgan fingerprint density at radius 1 is 0.397 bits per heavy atom. The Balaban J connectivity index is 1.19. The molecule has 0 amide bonds. The summed E-state index contributed by atoms with van der Waals surface area (Å²) in [4.78, 5) is 2.44. The molecule has 0 aliphatic rings. The molecule has 0 saturated heterocycles. The van der Waals surface area contributed by atoms with E-state index >= 15 is 0 Å². The highest BCUT2D eigenvalue weighted by atomic mass is 16.3. The van der Waals surface area contributed by atoms with Crippen molar-refractivity contribution in [3.8, 4) is 39.1 Å². The fraction of sp³-hybridized carbons (Fsp3) is 0.0182. The summed E-state index contributed by atoms with van der Waals surface area (Å²) >= 11 is 0. The van der Waals surface area contributed by atoms with Crippen LogP contribution >= 0.6 is 0 Å². The molecule has 0 bridgehead atoms. The Bertz CT molecular complexity index is 3230. The van der Waals surface area contributed by atoms with Gasteiger partial charge >= 0.3 is 0 Å². The number of hydrogen-bond acceptors (Lipinski definition) is 2. The average Bonchev–Trinajstić information content (AvgIpc) is 3.84. The second kappa shape index (κ2) is 13.8. The van der Waals surface area contributed by atoms with Crippen molar-refractivity contribution in [2.75, 3.05) is 4.90 Å². The van der Waals surface area contributed by atoms with Crippen molar-refractivity contribution in [1.82, 2.24) is 4.57 Å². The predicted octanol–water partition coefficient (Wildman–Crippen LogP) is 15.5. The van der Waals surface area contributed by atoms with Crippen LogP contribution in [0.15, 0.2) is 217 Å². The molecule has 0 fully saturated rings. The lowest BCUT2D eigenvalue weighted by molar-refractivity contribution is 0.670. The van der Waals surface area contributed by atoms with Gasteiger partial charge in [-0.05, 0) is 101 Å². The smallest absolute Gasteiger partial charge is 0.143 e. The van der Waals surface area contributed by atoms with E-state index < -0.39 is 0 Å². The molecule has 3 nitrogen and oxygen atoms in total. The molecule has 0 radical (unpaired) electrons. The molecule has 9 aromatic carbocycles. The lowest BCUT2D eigenvalue weighted by Gasteiger charge is -2.30.